The predicted octanol–water partition coefficient (Wildman–Crippen LogP) is 13.3. The zero-order valence-corrected chi connectivity index (χ0v) is 26.0. The lowest BCUT2D eigenvalue weighted by atomic mass is 9.97. The Balaban J connectivity index is 0.937. The molecule has 0 atom stereocenters. The van der Waals surface area contributed by atoms with E-state index >= 15 is 0 Å². The molecular weight excluding hydrogens is 585 g/mol. The molecule has 0 unspecified atom stereocenters. The van der Waals surface area contributed by atoms with Crippen LogP contribution in [0.3, 0.4) is 0 Å². The Kier molecular flexibility index (Phi) is 5.91. The normalized spacial score (nSPS) is 12.1. The van der Waals surface area contributed by atoms with Crippen LogP contribution in [0.2, 0.25) is 0 Å². The zero-order valence-electron chi connectivity index (χ0n) is 26.0. The van der Waals surface area contributed by atoms with E-state index in [0.29, 0.717) is 0 Å². The Labute approximate surface area is 276 Å². The Morgan fingerprint density at radius 2 is 0.750 bits per heavy atom. The lowest BCUT2D eigenvalue weighted by molar-refractivity contribution is 0.669. The molecule has 0 radical (unpaired) electrons. The van der Waals surface area contributed by atoms with Crippen LogP contribution in [-0.4, -0.2) is 0 Å². The molecule has 0 saturated carbocycles. The van der Waals surface area contributed by atoms with E-state index in [0.717, 1.165) is 66.1 Å². The van der Waals surface area contributed by atoms with E-state index < -0.39 is 0 Å². The van der Waals surface area contributed by atoms with Gasteiger partial charge in [0.2, 0.25) is 0 Å². The Bertz CT molecular complexity index is 2700. The molecule has 48 heavy (non-hydrogen) atoms. The molecule has 224 valence electrons. The van der Waals surface area contributed by atoms with Gasteiger partial charge in [-0.15, -0.1) is 0 Å². The second kappa shape index (κ2) is 10.6. The second-order valence-corrected chi connectivity index (χ2v) is 12.5. The molecule has 0 N–H and O–H groups in total. The molecule has 2 nitrogen and oxygen atoms in total. The molecule has 10 rings (SSSR count). The molecule has 0 saturated heterocycles. The van der Waals surface area contributed by atoms with Crippen LogP contribution in [0.4, 0.5) is 0 Å². The summed E-state index contributed by atoms with van der Waals surface area (Å²) in [5.74, 6) is 0. The monoisotopic (exact) mass is 612 g/mol. The highest BCUT2D eigenvalue weighted by Gasteiger charge is 2.13. The molecule has 10 aromatic rings. The van der Waals surface area contributed by atoms with Gasteiger partial charge in [-0.25, -0.2) is 0 Å². The Morgan fingerprint density at radius 1 is 0.333 bits per heavy atom. The van der Waals surface area contributed by atoms with E-state index in [2.05, 4.69) is 146 Å². The highest BCUT2D eigenvalue weighted by molar-refractivity contribution is 6.11. The zero-order chi connectivity index (χ0) is 31.6. The van der Waals surface area contributed by atoms with Crippen molar-refractivity contribution in [3.63, 3.8) is 0 Å². The summed E-state index contributed by atoms with van der Waals surface area (Å²) < 4.78 is 12.6. The third kappa shape index (κ3) is 4.35. The van der Waals surface area contributed by atoms with Gasteiger partial charge in [0.1, 0.15) is 22.3 Å². The van der Waals surface area contributed by atoms with E-state index in [1.54, 1.807) is 0 Å². The molecule has 0 aliphatic rings. The van der Waals surface area contributed by atoms with E-state index in [1.807, 2.05) is 24.3 Å². The number of fused-ring (bicyclic) bond motifs is 8. The van der Waals surface area contributed by atoms with Crippen molar-refractivity contribution in [2.75, 3.05) is 0 Å². The van der Waals surface area contributed by atoms with E-state index in [9.17, 15) is 0 Å². The van der Waals surface area contributed by atoms with Gasteiger partial charge in [-0.2, -0.15) is 0 Å². The lowest BCUT2D eigenvalue weighted by Gasteiger charge is -2.07. The van der Waals surface area contributed by atoms with Crippen molar-refractivity contribution in [1.82, 2.24) is 0 Å². The maximum Gasteiger partial charge on any atom is 0.143 e. The van der Waals surface area contributed by atoms with Gasteiger partial charge < -0.3 is 8.83 Å². The molecule has 0 aliphatic carbocycles. The average molecular weight is 613 g/mol. The minimum Gasteiger partial charge on any atom is -0.455 e. The van der Waals surface area contributed by atoms with Crippen LogP contribution in [0, 0.1) is 0 Å². The average Bonchev–Trinajstić information content (AvgIpc) is 3.72. The third-order valence-electron chi connectivity index (χ3n) is 9.63. The van der Waals surface area contributed by atoms with Crippen LogP contribution in [0.5, 0.6) is 0 Å². The quantitative estimate of drug-likeness (QED) is 0.185. The summed E-state index contributed by atoms with van der Waals surface area (Å²) in [6, 6.07) is 55.9. The van der Waals surface area contributed by atoms with E-state index in [-0.39, 0.29) is 0 Å². The first kappa shape index (κ1) is 26.8. The fourth-order valence-corrected chi connectivity index (χ4v) is 7.21. The van der Waals surface area contributed by atoms with Crippen LogP contribution >= 0.6 is 0 Å². The smallest absolute Gasteiger partial charge is 0.143 e. The molecule has 0 amide bonds. The summed E-state index contributed by atoms with van der Waals surface area (Å²) >= 11 is 0. The van der Waals surface area contributed by atoms with Crippen molar-refractivity contribution in [2.24, 2.45) is 0 Å². The van der Waals surface area contributed by atoms with Gasteiger partial charge in [-0.1, -0.05) is 133 Å². The standard InChI is InChI=1S/C46H28O2/c1-3-13-43-39(7-1)41-11-5-9-37(45(41)47-43)35-23-21-31-25-29(17-19-33(31)27-35)15-16-30-18-20-34-28-36(24-22-32(34)26-30)38-10-6-12-42-40-8-2-4-14-44(40)48-46(38)42/h1-28H. The van der Waals surface area contributed by atoms with E-state index in [1.165, 1.54) is 32.7 Å². The van der Waals surface area contributed by atoms with Crippen LogP contribution in [0.15, 0.2) is 167 Å². The summed E-state index contributed by atoms with van der Waals surface area (Å²) in [6.07, 6.45) is 4.39. The summed E-state index contributed by atoms with van der Waals surface area (Å²) in [7, 11) is 0. The first-order valence-electron chi connectivity index (χ1n) is 16.3. The number of furan rings is 2. The lowest BCUT2D eigenvalue weighted by Crippen LogP contribution is -1.82. The molecule has 0 aliphatic heterocycles. The maximum atomic E-state index is 6.31. The number of para-hydroxylation sites is 4. The SMILES string of the molecule is C(=Cc1ccc2cc(-c3cccc4c3oc3ccccc34)ccc2c1)c1ccc2cc(-c3cccc4c3oc3ccccc34)ccc2c1. The molecule has 2 aromatic heterocycles. The van der Waals surface area contributed by atoms with Crippen LogP contribution in [0.1, 0.15) is 11.1 Å². The van der Waals surface area contributed by atoms with E-state index in [4.69, 9.17) is 8.83 Å². The molecule has 0 fully saturated rings. The second-order valence-electron chi connectivity index (χ2n) is 12.5. The minimum atomic E-state index is 0.921. The first-order valence-corrected chi connectivity index (χ1v) is 16.3. The number of benzene rings is 8. The highest BCUT2D eigenvalue weighted by Crippen LogP contribution is 2.38. The summed E-state index contributed by atoms with van der Waals surface area (Å²) in [4.78, 5) is 0. The topological polar surface area (TPSA) is 26.3 Å². The predicted molar refractivity (Wildman–Crippen MR) is 202 cm³/mol. The summed E-state index contributed by atoms with van der Waals surface area (Å²) in [6.45, 7) is 0. The minimum absolute atomic E-state index is 0.921. The number of hydrogen-bond donors (Lipinski definition) is 0. The Hall–Kier alpha value is -6.38. The van der Waals surface area contributed by atoms with Crippen molar-refractivity contribution in [3.05, 3.63) is 169 Å². The first-order chi connectivity index (χ1) is 23.7. The highest BCUT2D eigenvalue weighted by atomic mass is 16.3. The van der Waals surface area contributed by atoms with Crippen molar-refractivity contribution < 1.29 is 8.83 Å². The fourth-order valence-electron chi connectivity index (χ4n) is 7.21. The largest absolute Gasteiger partial charge is 0.455 e. The van der Waals surface area contributed by atoms with Gasteiger partial charge in [0.25, 0.3) is 0 Å². The number of hydrogen-bond acceptors (Lipinski definition) is 2. The third-order valence-corrected chi connectivity index (χ3v) is 9.63. The molecular formula is C46H28O2. The van der Waals surface area contributed by atoms with Crippen LogP contribution < -0.4 is 0 Å². The van der Waals surface area contributed by atoms with Gasteiger partial charge in [0.05, 0.1) is 0 Å². The van der Waals surface area contributed by atoms with Crippen LogP contribution in [0.25, 0.3) is 99.8 Å². The van der Waals surface area contributed by atoms with Gasteiger partial charge in [0, 0.05) is 32.7 Å². The fraction of sp³-hybridized carbons (Fsp3) is 0. The van der Waals surface area contributed by atoms with Crippen molar-refractivity contribution in [1.29, 1.82) is 0 Å². The molecule has 8 aromatic carbocycles. The molecule has 2 heteroatoms. The Morgan fingerprint density at radius 3 is 1.25 bits per heavy atom. The van der Waals surface area contributed by atoms with Gasteiger partial charge >= 0.3 is 0 Å². The van der Waals surface area contributed by atoms with Crippen molar-refractivity contribution in [2.45, 2.75) is 0 Å². The summed E-state index contributed by atoms with van der Waals surface area (Å²) in [5.41, 5.74) is 10.6. The van der Waals surface area contributed by atoms with Crippen molar-refractivity contribution in [3.8, 4) is 22.3 Å². The molecule has 0 bridgehead atoms. The molecule has 2 heterocycles. The molecule has 0 spiro atoms. The number of rotatable bonds is 4. The van der Waals surface area contributed by atoms with Gasteiger partial charge in [-0.3, -0.25) is 0 Å². The summed E-state index contributed by atoms with van der Waals surface area (Å²) in [5, 5.41) is 9.44. The van der Waals surface area contributed by atoms with Crippen LogP contribution in [-0.2, 0) is 0 Å². The van der Waals surface area contributed by atoms with Gasteiger partial charge in [0.15, 0.2) is 0 Å². The maximum absolute atomic E-state index is 6.31. The van der Waals surface area contributed by atoms with Crippen molar-refractivity contribution >= 4 is 77.6 Å². The van der Waals surface area contributed by atoms with Gasteiger partial charge in [-0.05, 0) is 80.2 Å².